The topological polar surface area (TPSA) is 120 Å². The molecule has 0 aliphatic rings. The van der Waals surface area contributed by atoms with Crippen molar-refractivity contribution in [3.63, 3.8) is 0 Å². The third-order valence-electron chi connectivity index (χ3n) is 2.59. The Morgan fingerprint density at radius 3 is 1.92 bits per heavy atom. The number of hydrogen-bond donors (Lipinski definition) is 2. The number of nitrogens with one attached hydrogen (secondary N) is 2. The van der Waals surface area contributed by atoms with Crippen molar-refractivity contribution in [2.24, 2.45) is 5.92 Å². The lowest BCUT2D eigenvalue weighted by Crippen LogP contribution is -2.55. The summed E-state index contributed by atoms with van der Waals surface area (Å²) in [6.07, 6.45) is -2.37. The van der Waals surface area contributed by atoms with Crippen molar-refractivity contribution >= 4 is 23.9 Å². The third-order valence-corrected chi connectivity index (χ3v) is 2.59. The molecule has 2 N–H and O–H groups in total. The van der Waals surface area contributed by atoms with Crippen molar-refractivity contribution in [3.05, 3.63) is 0 Å². The lowest BCUT2D eigenvalue weighted by Gasteiger charge is -2.26. The third kappa shape index (κ3) is 8.35. The Bertz CT molecular complexity index is 483. The van der Waals surface area contributed by atoms with Gasteiger partial charge in [0.15, 0.2) is 0 Å². The predicted molar refractivity (Wildman–Crippen MR) is 83.7 cm³/mol. The van der Waals surface area contributed by atoms with E-state index < -0.39 is 41.8 Å². The van der Waals surface area contributed by atoms with Crippen LogP contribution in [-0.2, 0) is 28.6 Å². The van der Waals surface area contributed by atoms with Crippen LogP contribution in [0.2, 0.25) is 0 Å². The Hall–Kier alpha value is -2.32. The van der Waals surface area contributed by atoms with E-state index in [1.807, 2.05) is 0 Å². The number of ether oxygens (including phenoxy) is 3. The molecule has 2 atom stereocenters. The Morgan fingerprint density at radius 2 is 1.54 bits per heavy atom. The summed E-state index contributed by atoms with van der Waals surface area (Å²) in [5, 5.41) is 4.64. The molecule has 0 aromatic rings. The van der Waals surface area contributed by atoms with Crippen LogP contribution in [0, 0.1) is 5.92 Å². The lowest BCUT2D eigenvalue weighted by molar-refractivity contribution is -0.168. The van der Waals surface area contributed by atoms with E-state index >= 15 is 0 Å². The number of carbonyl (C=O) groups is 4. The van der Waals surface area contributed by atoms with E-state index in [0.29, 0.717) is 0 Å². The van der Waals surface area contributed by atoms with Gasteiger partial charge >= 0.3 is 18.0 Å². The van der Waals surface area contributed by atoms with Crippen molar-refractivity contribution in [2.45, 2.75) is 59.4 Å². The zero-order valence-electron chi connectivity index (χ0n) is 15.1. The molecular weight excluding hydrogens is 320 g/mol. The standard InChI is InChI=1S/C15H26N2O7/c1-8(2)10(16-14(21)24-15(4,5)6)11(19)17-12(13(20)22-7)23-9(3)18/h8,10,12H,1-7H3,(H,16,21)(H,17,19)/t10-,12?/m0/s1. The van der Waals surface area contributed by atoms with Crippen LogP contribution in [0.15, 0.2) is 0 Å². The van der Waals surface area contributed by atoms with Gasteiger partial charge in [0.1, 0.15) is 11.6 Å². The number of amides is 2. The van der Waals surface area contributed by atoms with Crippen molar-refractivity contribution < 1.29 is 33.4 Å². The second-order valence-corrected chi connectivity index (χ2v) is 6.39. The molecule has 24 heavy (non-hydrogen) atoms. The number of esters is 2. The molecule has 9 heteroatoms. The number of alkyl carbamates (subject to hydrolysis) is 1. The second kappa shape index (κ2) is 9.09. The minimum atomic E-state index is -1.60. The van der Waals surface area contributed by atoms with Crippen molar-refractivity contribution in [2.75, 3.05) is 7.11 Å². The van der Waals surface area contributed by atoms with E-state index in [1.165, 1.54) is 0 Å². The second-order valence-electron chi connectivity index (χ2n) is 6.39. The van der Waals surface area contributed by atoms with Crippen LogP contribution in [0.4, 0.5) is 4.79 Å². The summed E-state index contributed by atoms with van der Waals surface area (Å²) >= 11 is 0. The quantitative estimate of drug-likeness (QED) is 0.413. The van der Waals surface area contributed by atoms with Gasteiger partial charge in [0.2, 0.25) is 5.91 Å². The first-order valence-corrected chi connectivity index (χ1v) is 7.42. The van der Waals surface area contributed by atoms with Gasteiger partial charge < -0.3 is 24.8 Å². The van der Waals surface area contributed by atoms with E-state index in [0.717, 1.165) is 14.0 Å². The minimum absolute atomic E-state index is 0.312. The maximum atomic E-state index is 12.3. The Kier molecular flexibility index (Phi) is 8.21. The molecule has 2 amide bonds. The fourth-order valence-corrected chi connectivity index (χ4v) is 1.60. The van der Waals surface area contributed by atoms with Crippen LogP contribution in [-0.4, -0.2) is 48.9 Å². The maximum absolute atomic E-state index is 12.3. The molecule has 0 aromatic heterocycles. The molecule has 0 bridgehead atoms. The normalized spacial score (nSPS) is 13.5. The smallest absolute Gasteiger partial charge is 0.408 e. The summed E-state index contributed by atoms with van der Waals surface area (Å²) in [6.45, 7) is 9.53. The first-order chi connectivity index (χ1) is 10.9. The van der Waals surface area contributed by atoms with Gasteiger partial charge in [-0.05, 0) is 26.7 Å². The number of rotatable bonds is 6. The molecule has 0 spiro atoms. The molecule has 0 heterocycles. The first-order valence-electron chi connectivity index (χ1n) is 7.42. The average molecular weight is 346 g/mol. The highest BCUT2D eigenvalue weighted by Gasteiger charge is 2.32. The summed E-state index contributed by atoms with van der Waals surface area (Å²) < 4.78 is 14.3. The van der Waals surface area contributed by atoms with Gasteiger partial charge in [0, 0.05) is 6.92 Å². The monoisotopic (exact) mass is 346 g/mol. The highest BCUT2D eigenvalue weighted by atomic mass is 16.6. The number of hydrogen-bond acceptors (Lipinski definition) is 7. The highest BCUT2D eigenvalue weighted by Crippen LogP contribution is 2.09. The van der Waals surface area contributed by atoms with Crippen molar-refractivity contribution in [1.29, 1.82) is 0 Å². The van der Waals surface area contributed by atoms with E-state index in [1.54, 1.807) is 34.6 Å². The summed E-state index contributed by atoms with van der Waals surface area (Å²) in [5.41, 5.74) is -0.728. The molecule has 138 valence electrons. The molecule has 0 aliphatic carbocycles. The van der Waals surface area contributed by atoms with Gasteiger partial charge in [-0.2, -0.15) is 0 Å². The van der Waals surface area contributed by atoms with E-state index in [9.17, 15) is 19.2 Å². The van der Waals surface area contributed by atoms with Gasteiger partial charge in [-0.3, -0.25) is 9.59 Å². The molecule has 0 aliphatic heterocycles. The summed E-state index contributed by atoms with van der Waals surface area (Å²) in [6, 6.07) is -0.998. The molecule has 0 rings (SSSR count). The molecular formula is C15H26N2O7. The van der Waals surface area contributed by atoms with Gasteiger partial charge in [-0.1, -0.05) is 13.8 Å². The zero-order chi connectivity index (χ0) is 19.1. The van der Waals surface area contributed by atoms with Crippen LogP contribution in [0.25, 0.3) is 0 Å². The maximum Gasteiger partial charge on any atom is 0.408 e. The average Bonchev–Trinajstić information content (AvgIpc) is 2.40. The predicted octanol–water partition coefficient (Wildman–Crippen LogP) is 0.714. The minimum Gasteiger partial charge on any atom is -0.465 e. The molecule has 0 radical (unpaired) electrons. The molecule has 9 nitrogen and oxygen atoms in total. The Balaban J connectivity index is 5.03. The molecule has 0 saturated carbocycles. The summed E-state index contributed by atoms with van der Waals surface area (Å²) in [7, 11) is 1.09. The lowest BCUT2D eigenvalue weighted by atomic mass is 10.0. The van der Waals surface area contributed by atoms with Crippen molar-refractivity contribution in [1.82, 2.24) is 10.6 Å². The SMILES string of the molecule is COC(=O)C(NC(=O)[C@@H](NC(=O)OC(C)(C)C)C(C)C)OC(C)=O. The highest BCUT2D eigenvalue weighted by molar-refractivity contribution is 5.90. The van der Waals surface area contributed by atoms with Gasteiger partial charge in [-0.15, -0.1) is 0 Å². The summed E-state index contributed by atoms with van der Waals surface area (Å²) in [5.74, 6) is -2.74. The van der Waals surface area contributed by atoms with Crippen LogP contribution < -0.4 is 10.6 Å². The van der Waals surface area contributed by atoms with E-state index in [-0.39, 0.29) is 5.92 Å². The van der Waals surface area contributed by atoms with Gasteiger partial charge in [0.05, 0.1) is 7.11 Å². The molecule has 0 saturated heterocycles. The van der Waals surface area contributed by atoms with Gasteiger partial charge in [0.25, 0.3) is 6.23 Å². The summed E-state index contributed by atoms with van der Waals surface area (Å²) in [4.78, 5) is 46.7. The van der Waals surface area contributed by atoms with Gasteiger partial charge in [-0.25, -0.2) is 9.59 Å². The molecule has 0 fully saturated rings. The van der Waals surface area contributed by atoms with Crippen LogP contribution in [0.5, 0.6) is 0 Å². The van der Waals surface area contributed by atoms with Crippen LogP contribution >= 0.6 is 0 Å². The largest absolute Gasteiger partial charge is 0.465 e. The number of methoxy groups -OCH3 is 1. The van der Waals surface area contributed by atoms with E-state index in [4.69, 9.17) is 9.47 Å². The molecule has 1 unspecified atom stereocenters. The zero-order valence-corrected chi connectivity index (χ0v) is 15.1. The Morgan fingerprint density at radius 1 is 1.00 bits per heavy atom. The molecule has 0 aromatic carbocycles. The first kappa shape index (κ1) is 21.7. The van der Waals surface area contributed by atoms with E-state index in [2.05, 4.69) is 15.4 Å². The fraction of sp³-hybridized carbons (Fsp3) is 0.733. The Labute approximate surface area is 141 Å². The van der Waals surface area contributed by atoms with Crippen LogP contribution in [0.1, 0.15) is 41.5 Å². The van der Waals surface area contributed by atoms with Crippen molar-refractivity contribution in [3.8, 4) is 0 Å². The number of carbonyl (C=O) groups excluding carboxylic acids is 4. The fourth-order valence-electron chi connectivity index (χ4n) is 1.60. The van der Waals surface area contributed by atoms with Crippen LogP contribution in [0.3, 0.4) is 0 Å².